The van der Waals surface area contributed by atoms with Crippen molar-refractivity contribution in [1.82, 2.24) is 4.57 Å². The highest BCUT2D eigenvalue weighted by atomic mass is 16.3. The van der Waals surface area contributed by atoms with Crippen LogP contribution in [0.1, 0.15) is 0 Å². The smallest absolute Gasteiger partial charge is 0.143 e. The molecular formula is C52H34N2O. The molecule has 0 radical (unpaired) electrons. The second-order valence-corrected chi connectivity index (χ2v) is 14.1. The van der Waals surface area contributed by atoms with Crippen molar-refractivity contribution >= 4 is 71.6 Å². The minimum Gasteiger partial charge on any atom is -0.455 e. The van der Waals surface area contributed by atoms with Crippen molar-refractivity contribution in [2.24, 2.45) is 0 Å². The van der Waals surface area contributed by atoms with Crippen LogP contribution in [0.3, 0.4) is 0 Å². The molecule has 2 heterocycles. The molecule has 0 saturated carbocycles. The van der Waals surface area contributed by atoms with Gasteiger partial charge < -0.3 is 13.9 Å². The molecule has 0 saturated heterocycles. The van der Waals surface area contributed by atoms with Gasteiger partial charge >= 0.3 is 0 Å². The zero-order chi connectivity index (χ0) is 36.3. The van der Waals surface area contributed by atoms with Gasteiger partial charge in [0.1, 0.15) is 11.2 Å². The number of fused-ring (bicyclic) bond motifs is 8. The van der Waals surface area contributed by atoms with Crippen LogP contribution in [0, 0.1) is 0 Å². The summed E-state index contributed by atoms with van der Waals surface area (Å²) in [4.78, 5) is 2.37. The zero-order valence-corrected chi connectivity index (χ0v) is 29.9. The highest BCUT2D eigenvalue weighted by Gasteiger charge is 2.21. The molecule has 0 bridgehead atoms. The Hall–Kier alpha value is -7.36. The minimum atomic E-state index is 0.867. The van der Waals surface area contributed by atoms with Crippen LogP contribution < -0.4 is 4.90 Å². The van der Waals surface area contributed by atoms with E-state index in [1.165, 1.54) is 49.4 Å². The normalized spacial score (nSPS) is 11.6. The van der Waals surface area contributed by atoms with Crippen LogP contribution in [0.4, 0.5) is 17.1 Å². The average Bonchev–Trinajstić information content (AvgIpc) is 3.82. The SMILES string of the molecule is c1ccc(-c2ccc(-c3ccc(N(c4ccc(-n5c6ccccc6c6ccccc65)cc4)c4cccc5oc6c7ccccc7ccc6c45)cc3)cc2)cc1. The summed E-state index contributed by atoms with van der Waals surface area (Å²) in [7, 11) is 0. The first-order valence-electron chi connectivity index (χ1n) is 18.8. The third-order valence-electron chi connectivity index (χ3n) is 11.0. The van der Waals surface area contributed by atoms with Crippen molar-refractivity contribution in [3.8, 4) is 27.9 Å². The Bertz CT molecular complexity index is 3120. The molecule has 9 aromatic carbocycles. The molecule has 0 atom stereocenters. The molecule has 0 fully saturated rings. The first-order valence-corrected chi connectivity index (χ1v) is 18.8. The van der Waals surface area contributed by atoms with Gasteiger partial charge in [-0.05, 0) is 94.4 Å². The summed E-state index contributed by atoms with van der Waals surface area (Å²) in [5.41, 5.74) is 13.3. The van der Waals surface area contributed by atoms with Gasteiger partial charge in [-0.2, -0.15) is 0 Å². The van der Waals surface area contributed by atoms with Gasteiger partial charge in [0.15, 0.2) is 0 Å². The number of hydrogen-bond acceptors (Lipinski definition) is 2. The van der Waals surface area contributed by atoms with Crippen molar-refractivity contribution in [3.05, 3.63) is 206 Å². The molecule has 258 valence electrons. The van der Waals surface area contributed by atoms with E-state index in [4.69, 9.17) is 4.42 Å². The van der Waals surface area contributed by atoms with E-state index in [-0.39, 0.29) is 0 Å². The molecule has 0 aliphatic heterocycles. The van der Waals surface area contributed by atoms with Crippen LogP contribution >= 0.6 is 0 Å². The topological polar surface area (TPSA) is 21.3 Å². The number of nitrogens with zero attached hydrogens (tertiary/aromatic N) is 2. The summed E-state index contributed by atoms with van der Waals surface area (Å²) in [6.07, 6.45) is 0. The summed E-state index contributed by atoms with van der Waals surface area (Å²) < 4.78 is 9.03. The fourth-order valence-electron chi connectivity index (χ4n) is 8.39. The number of benzene rings is 9. The molecule has 0 amide bonds. The first-order chi connectivity index (χ1) is 27.3. The molecule has 0 N–H and O–H groups in total. The number of rotatable bonds is 6. The number of para-hydroxylation sites is 2. The summed E-state index contributed by atoms with van der Waals surface area (Å²) >= 11 is 0. The van der Waals surface area contributed by atoms with E-state index in [1.54, 1.807) is 0 Å². The Balaban J connectivity index is 1.06. The Labute approximate surface area is 318 Å². The van der Waals surface area contributed by atoms with Gasteiger partial charge in [-0.15, -0.1) is 0 Å². The lowest BCUT2D eigenvalue weighted by Gasteiger charge is -2.27. The molecule has 0 spiro atoms. The Morgan fingerprint density at radius 3 is 1.55 bits per heavy atom. The van der Waals surface area contributed by atoms with Crippen LogP contribution in [0.5, 0.6) is 0 Å². The van der Waals surface area contributed by atoms with Crippen LogP contribution in [0.25, 0.3) is 82.5 Å². The van der Waals surface area contributed by atoms with Crippen LogP contribution in [-0.2, 0) is 0 Å². The lowest BCUT2D eigenvalue weighted by molar-refractivity contribution is 0.672. The largest absolute Gasteiger partial charge is 0.455 e. The second kappa shape index (κ2) is 12.6. The van der Waals surface area contributed by atoms with E-state index in [1.807, 2.05) is 0 Å². The molecule has 0 aliphatic carbocycles. The highest BCUT2D eigenvalue weighted by molar-refractivity contribution is 6.19. The number of hydrogen-bond donors (Lipinski definition) is 0. The summed E-state index contributed by atoms with van der Waals surface area (Å²) in [6.45, 7) is 0. The molecule has 3 heteroatoms. The van der Waals surface area contributed by atoms with Gasteiger partial charge in [-0.25, -0.2) is 0 Å². The summed E-state index contributed by atoms with van der Waals surface area (Å²) in [5.74, 6) is 0. The van der Waals surface area contributed by atoms with Crippen LogP contribution in [-0.4, -0.2) is 4.57 Å². The molecule has 55 heavy (non-hydrogen) atoms. The van der Waals surface area contributed by atoms with E-state index in [9.17, 15) is 0 Å². The number of anilines is 3. The molecule has 2 aromatic heterocycles. The maximum atomic E-state index is 6.67. The van der Waals surface area contributed by atoms with E-state index in [0.29, 0.717) is 0 Å². The fraction of sp³-hybridized carbons (Fsp3) is 0. The standard InChI is InChI=1S/C52H34N2O/c1-2-11-35(12-3-1)36-21-23-37(24-22-36)38-25-28-40(29-26-38)53(49-19-10-20-50-51(49)46-34-27-39-13-4-5-14-43(39)52(46)55-50)41-30-32-42(33-31-41)54-47-17-8-6-15-44(47)45-16-7-9-18-48(45)54/h1-34H. The van der Waals surface area contributed by atoms with E-state index in [2.05, 4.69) is 216 Å². The lowest BCUT2D eigenvalue weighted by Crippen LogP contribution is -2.10. The number of furan rings is 1. The highest BCUT2D eigenvalue weighted by Crippen LogP contribution is 2.45. The van der Waals surface area contributed by atoms with Crippen molar-refractivity contribution in [1.29, 1.82) is 0 Å². The Morgan fingerprint density at radius 2 is 0.891 bits per heavy atom. The second-order valence-electron chi connectivity index (χ2n) is 14.1. The molecule has 11 rings (SSSR count). The van der Waals surface area contributed by atoms with Crippen molar-refractivity contribution in [2.45, 2.75) is 0 Å². The van der Waals surface area contributed by atoms with Crippen molar-refractivity contribution in [3.63, 3.8) is 0 Å². The van der Waals surface area contributed by atoms with Crippen molar-refractivity contribution in [2.75, 3.05) is 4.90 Å². The first kappa shape index (κ1) is 31.2. The third kappa shape index (κ3) is 5.13. The predicted octanol–water partition coefficient (Wildman–Crippen LogP) is 14.6. The van der Waals surface area contributed by atoms with Gasteiger partial charge in [0, 0.05) is 38.6 Å². The quantitative estimate of drug-likeness (QED) is 0.172. The van der Waals surface area contributed by atoms with E-state index in [0.717, 1.165) is 50.1 Å². The summed E-state index contributed by atoms with van der Waals surface area (Å²) in [6, 6.07) is 73.8. The number of aromatic nitrogens is 1. The lowest BCUT2D eigenvalue weighted by atomic mass is 10.00. The average molecular weight is 703 g/mol. The van der Waals surface area contributed by atoms with E-state index >= 15 is 0 Å². The maximum absolute atomic E-state index is 6.67. The van der Waals surface area contributed by atoms with Crippen molar-refractivity contribution < 1.29 is 4.42 Å². The minimum absolute atomic E-state index is 0.867. The third-order valence-corrected chi connectivity index (χ3v) is 11.0. The maximum Gasteiger partial charge on any atom is 0.143 e. The van der Waals surface area contributed by atoms with Gasteiger partial charge in [-0.3, -0.25) is 0 Å². The molecule has 0 aliphatic rings. The van der Waals surface area contributed by atoms with E-state index < -0.39 is 0 Å². The van der Waals surface area contributed by atoms with Gasteiger partial charge in [-0.1, -0.05) is 140 Å². The van der Waals surface area contributed by atoms with Crippen LogP contribution in [0.15, 0.2) is 211 Å². The fourth-order valence-corrected chi connectivity index (χ4v) is 8.39. The zero-order valence-electron chi connectivity index (χ0n) is 29.9. The molecule has 3 nitrogen and oxygen atoms in total. The Morgan fingerprint density at radius 1 is 0.364 bits per heavy atom. The summed E-state index contributed by atoms with van der Waals surface area (Å²) in [5, 5.41) is 6.99. The Kier molecular flexibility index (Phi) is 7.17. The predicted molar refractivity (Wildman–Crippen MR) is 231 cm³/mol. The molecular weight excluding hydrogens is 669 g/mol. The van der Waals surface area contributed by atoms with Gasteiger partial charge in [0.05, 0.1) is 22.1 Å². The monoisotopic (exact) mass is 702 g/mol. The van der Waals surface area contributed by atoms with Crippen LogP contribution in [0.2, 0.25) is 0 Å². The molecule has 0 unspecified atom stereocenters. The molecule has 11 aromatic rings. The van der Waals surface area contributed by atoms with Gasteiger partial charge in [0.25, 0.3) is 0 Å². The van der Waals surface area contributed by atoms with Gasteiger partial charge in [0.2, 0.25) is 0 Å².